The average Bonchev–Trinajstić information content (AvgIpc) is 3.15. The Balaban J connectivity index is 1.95. The van der Waals surface area contributed by atoms with Gasteiger partial charge < -0.3 is 5.32 Å². The maximum absolute atomic E-state index is 4.46. The van der Waals surface area contributed by atoms with Crippen molar-refractivity contribution in [3.8, 4) is 5.69 Å². The predicted octanol–water partition coefficient (Wildman–Crippen LogP) is 1.70. The van der Waals surface area contributed by atoms with E-state index in [1.807, 2.05) is 54.5 Å². The summed E-state index contributed by atoms with van der Waals surface area (Å²) < 4.78 is 3.66. The van der Waals surface area contributed by atoms with E-state index in [0.717, 1.165) is 23.5 Å². The minimum atomic E-state index is 0.0347. The minimum Gasteiger partial charge on any atom is -0.305 e. The molecule has 1 unspecified atom stereocenters. The predicted molar refractivity (Wildman–Crippen MR) is 80.1 cm³/mol. The van der Waals surface area contributed by atoms with Gasteiger partial charge in [0.25, 0.3) is 0 Å². The fourth-order valence-corrected chi connectivity index (χ4v) is 2.36. The zero-order valence-corrected chi connectivity index (χ0v) is 12.1. The highest BCUT2D eigenvalue weighted by Crippen LogP contribution is 2.21. The van der Waals surface area contributed by atoms with Gasteiger partial charge in [0.1, 0.15) is 0 Å². The van der Waals surface area contributed by atoms with E-state index >= 15 is 0 Å². The van der Waals surface area contributed by atoms with Crippen LogP contribution in [0.4, 0.5) is 0 Å². The summed E-state index contributed by atoms with van der Waals surface area (Å²) in [7, 11) is 1.90. The molecular weight excluding hydrogens is 264 g/mol. The van der Waals surface area contributed by atoms with Gasteiger partial charge in [0.2, 0.25) is 0 Å². The Bertz CT molecular complexity index is 700. The lowest BCUT2D eigenvalue weighted by Crippen LogP contribution is -2.23. The van der Waals surface area contributed by atoms with E-state index in [1.54, 1.807) is 10.9 Å². The van der Waals surface area contributed by atoms with E-state index < -0.39 is 0 Å². The SMILES string of the molecule is CCNC(c1cnn(-c2ccccc2)c1)c1cnnn1C. The van der Waals surface area contributed by atoms with E-state index in [2.05, 4.69) is 27.7 Å². The molecule has 6 nitrogen and oxygen atoms in total. The lowest BCUT2D eigenvalue weighted by Gasteiger charge is -2.15. The highest BCUT2D eigenvalue weighted by molar-refractivity contribution is 5.32. The first-order valence-corrected chi connectivity index (χ1v) is 6.97. The van der Waals surface area contributed by atoms with Crippen LogP contribution in [-0.2, 0) is 7.05 Å². The summed E-state index contributed by atoms with van der Waals surface area (Å²) in [5.41, 5.74) is 3.15. The maximum Gasteiger partial charge on any atom is 0.0799 e. The summed E-state index contributed by atoms with van der Waals surface area (Å²) >= 11 is 0. The van der Waals surface area contributed by atoms with Crippen LogP contribution in [0.2, 0.25) is 0 Å². The molecule has 0 saturated carbocycles. The monoisotopic (exact) mass is 282 g/mol. The summed E-state index contributed by atoms with van der Waals surface area (Å²) in [5, 5.41) is 15.9. The van der Waals surface area contributed by atoms with Crippen molar-refractivity contribution in [2.45, 2.75) is 13.0 Å². The molecule has 21 heavy (non-hydrogen) atoms. The van der Waals surface area contributed by atoms with Crippen LogP contribution in [0.25, 0.3) is 5.69 Å². The van der Waals surface area contributed by atoms with Crippen LogP contribution in [-0.4, -0.2) is 31.3 Å². The third kappa shape index (κ3) is 2.71. The van der Waals surface area contributed by atoms with Crippen molar-refractivity contribution in [3.63, 3.8) is 0 Å². The van der Waals surface area contributed by atoms with E-state index in [4.69, 9.17) is 0 Å². The molecule has 2 aromatic heterocycles. The van der Waals surface area contributed by atoms with Crippen LogP contribution in [0.1, 0.15) is 24.2 Å². The Hall–Kier alpha value is -2.47. The van der Waals surface area contributed by atoms with Gasteiger partial charge in [-0.25, -0.2) is 4.68 Å². The van der Waals surface area contributed by atoms with E-state index in [9.17, 15) is 0 Å². The highest BCUT2D eigenvalue weighted by atomic mass is 15.4. The zero-order valence-electron chi connectivity index (χ0n) is 12.1. The minimum absolute atomic E-state index is 0.0347. The van der Waals surface area contributed by atoms with Gasteiger partial charge in [0.15, 0.2) is 0 Å². The largest absolute Gasteiger partial charge is 0.305 e. The Labute approximate surface area is 123 Å². The third-order valence-electron chi connectivity index (χ3n) is 3.41. The number of benzene rings is 1. The molecule has 0 fully saturated rings. The lowest BCUT2D eigenvalue weighted by atomic mass is 10.1. The molecule has 6 heteroatoms. The molecule has 108 valence electrons. The number of para-hydroxylation sites is 1. The maximum atomic E-state index is 4.46. The van der Waals surface area contributed by atoms with Crippen LogP contribution in [0.3, 0.4) is 0 Å². The molecule has 0 radical (unpaired) electrons. The molecule has 0 aliphatic rings. The normalized spacial score (nSPS) is 12.5. The first-order chi connectivity index (χ1) is 10.3. The Kier molecular flexibility index (Phi) is 3.79. The van der Waals surface area contributed by atoms with Crippen LogP contribution in [0.5, 0.6) is 0 Å². The summed E-state index contributed by atoms with van der Waals surface area (Å²) in [4.78, 5) is 0. The average molecular weight is 282 g/mol. The third-order valence-corrected chi connectivity index (χ3v) is 3.41. The lowest BCUT2D eigenvalue weighted by molar-refractivity contribution is 0.568. The van der Waals surface area contributed by atoms with Gasteiger partial charge >= 0.3 is 0 Å². The van der Waals surface area contributed by atoms with Crippen molar-refractivity contribution in [2.24, 2.45) is 7.05 Å². The number of nitrogens with zero attached hydrogens (tertiary/aromatic N) is 5. The topological polar surface area (TPSA) is 60.6 Å². The van der Waals surface area contributed by atoms with Crippen molar-refractivity contribution in [1.82, 2.24) is 30.1 Å². The standard InChI is InChI=1S/C15H18N6/c1-3-16-15(14-10-17-19-20(14)2)12-9-18-21(11-12)13-7-5-4-6-8-13/h4-11,15-16H,3H2,1-2H3. The zero-order chi connectivity index (χ0) is 14.7. The van der Waals surface area contributed by atoms with Crippen LogP contribution < -0.4 is 5.32 Å². The molecule has 3 rings (SSSR count). The fraction of sp³-hybridized carbons (Fsp3) is 0.267. The molecule has 0 saturated heterocycles. The number of nitrogens with one attached hydrogen (secondary N) is 1. The van der Waals surface area contributed by atoms with E-state index in [-0.39, 0.29) is 6.04 Å². The van der Waals surface area contributed by atoms with Crippen molar-refractivity contribution >= 4 is 0 Å². The van der Waals surface area contributed by atoms with Crippen molar-refractivity contribution in [2.75, 3.05) is 6.54 Å². The number of rotatable bonds is 5. The van der Waals surface area contributed by atoms with Crippen molar-refractivity contribution in [1.29, 1.82) is 0 Å². The molecule has 1 N–H and O–H groups in total. The number of aryl methyl sites for hydroxylation is 1. The molecule has 0 amide bonds. The molecular formula is C15H18N6. The van der Waals surface area contributed by atoms with Crippen molar-refractivity contribution in [3.05, 3.63) is 60.2 Å². The summed E-state index contributed by atoms with van der Waals surface area (Å²) in [6, 6.07) is 10.1. The van der Waals surface area contributed by atoms with Crippen LogP contribution in [0.15, 0.2) is 48.9 Å². The Morgan fingerprint density at radius 3 is 2.67 bits per heavy atom. The molecule has 0 spiro atoms. The number of hydrogen-bond acceptors (Lipinski definition) is 4. The second-order valence-corrected chi connectivity index (χ2v) is 4.83. The molecule has 2 heterocycles. The molecule has 0 aliphatic carbocycles. The Morgan fingerprint density at radius 2 is 2.00 bits per heavy atom. The molecule has 1 atom stereocenters. The van der Waals surface area contributed by atoms with Gasteiger partial charge in [0.05, 0.1) is 29.8 Å². The summed E-state index contributed by atoms with van der Waals surface area (Å²) in [6.07, 6.45) is 5.70. The van der Waals surface area contributed by atoms with Gasteiger partial charge in [-0.15, -0.1) is 5.10 Å². The van der Waals surface area contributed by atoms with Gasteiger partial charge in [-0.3, -0.25) is 4.68 Å². The molecule has 1 aromatic carbocycles. The molecule has 0 aliphatic heterocycles. The van der Waals surface area contributed by atoms with Crippen LogP contribution in [0, 0.1) is 0 Å². The molecule has 0 bridgehead atoms. The quantitative estimate of drug-likeness (QED) is 0.774. The second kappa shape index (κ2) is 5.88. The van der Waals surface area contributed by atoms with Gasteiger partial charge in [0, 0.05) is 18.8 Å². The number of hydrogen-bond donors (Lipinski definition) is 1. The smallest absolute Gasteiger partial charge is 0.0799 e. The van der Waals surface area contributed by atoms with E-state index in [1.165, 1.54) is 0 Å². The molecule has 3 aromatic rings. The van der Waals surface area contributed by atoms with Gasteiger partial charge in [-0.1, -0.05) is 30.3 Å². The summed E-state index contributed by atoms with van der Waals surface area (Å²) in [5.74, 6) is 0. The fourth-order valence-electron chi connectivity index (χ4n) is 2.36. The first-order valence-electron chi connectivity index (χ1n) is 6.97. The van der Waals surface area contributed by atoms with Crippen LogP contribution >= 0.6 is 0 Å². The van der Waals surface area contributed by atoms with E-state index in [0.29, 0.717) is 0 Å². The summed E-state index contributed by atoms with van der Waals surface area (Å²) in [6.45, 7) is 2.94. The second-order valence-electron chi connectivity index (χ2n) is 4.83. The number of aromatic nitrogens is 5. The first kappa shape index (κ1) is 13.5. The highest BCUT2D eigenvalue weighted by Gasteiger charge is 2.18. The van der Waals surface area contributed by atoms with Gasteiger partial charge in [-0.2, -0.15) is 5.10 Å². The van der Waals surface area contributed by atoms with Crippen molar-refractivity contribution < 1.29 is 0 Å². The Morgan fingerprint density at radius 1 is 1.19 bits per heavy atom. The van der Waals surface area contributed by atoms with Gasteiger partial charge in [-0.05, 0) is 18.7 Å².